The van der Waals surface area contributed by atoms with E-state index in [1.807, 2.05) is 6.07 Å². The summed E-state index contributed by atoms with van der Waals surface area (Å²) in [6.07, 6.45) is 2.82. The molecule has 1 unspecified atom stereocenters. The minimum atomic E-state index is -0.256. The van der Waals surface area contributed by atoms with Gasteiger partial charge < -0.3 is 10.2 Å². The zero-order valence-electron chi connectivity index (χ0n) is 11.6. The van der Waals surface area contributed by atoms with Crippen LogP contribution in [0.25, 0.3) is 0 Å². The Morgan fingerprint density at radius 2 is 2.26 bits per heavy atom. The van der Waals surface area contributed by atoms with Crippen LogP contribution in [0.5, 0.6) is 0 Å². The molecule has 2 rings (SSSR count). The van der Waals surface area contributed by atoms with Crippen molar-refractivity contribution in [2.75, 3.05) is 18.0 Å². The van der Waals surface area contributed by atoms with Crippen molar-refractivity contribution in [3.63, 3.8) is 0 Å². The summed E-state index contributed by atoms with van der Waals surface area (Å²) in [5.41, 5.74) is 1.25. The third-order valence-corrected chi connectivity index (χ3v) is 3.61. The molecule has 1 saturated heterocycles. The van der Waals surface area contributed by atoms with Crippen LogP contribution in [-0.4, -0.2) is 25.0 Å². The molecule has 0 saturated carbocycles. The Balaban J connectivity index is 2.19. The molecule has 0 aromatic heterocycles. The number of carbonyl (C=O) groups is 1. The molecule has 1 aliphatic rings. The monoisotopic (exact) mass is 264 g/mol. The molecule has 0 spiro atoms. The van der Waals surface area contributed by atoms with Crippen molar-refractivity contribution < 1.29 is 9.18 Å². The van der Waals surface area contributed by atoms with E-state index in [4.69, 9.17) is 0 Å². The molecule has 3 nitrogen and oxygen atoms in total. The zero-order valence-corrected chi connectivity index (χ0v) is 11.6. The van der Waals surface area contributed by atoms with Gasteiger partial charge in [-0.25, -0.2) is 4.39 Å². The predicted octanol–water partition coefficient (Wildman–Crippen LogP) is 2.63. The smallest absolute Gasteiger partial charge is 0.244 e. The maximum atomic E-state index is 13.6. The molecule has 4 heteroatoms. The lowest BCUT2D eigenvalue weighted by atomic mass is 10.0. The van der Waals surface area contributed by atoms with E-state index in [1.165, 1.54) is 6.07 Å². The third kappa shape index (κ3) is 2.95. The SMILES string of the molecule is CCCNC1CCCN(c2cccc(F)c2C)C1=O. The van der Waals surface area contributed by atoms with Crippen LogP contribution in [0, 0.1) is 12.7 Å². The van der Waals surface area contributed by atoms with E-state index in [1.54, 1.807) is 17.9 Å². The first-order valence-electron chi connectivity index (χ1n) is 6.95. The van der Waals surface area contributed by atoms with E-state index >= 15 is 0 Å². The van der Waals surface area contributed by atoms with Gasteiger partial charge >= 0.3 is 0 Å². The van der Waals surface area contributed by atoms with Gasteiger partial charge in [-0.3, -0.25) is 4.79 Å². The molecular weight excluding hydrogens is 243 g/mol. The Labute approximate surface area is 113 Å². The van der Waals surface area contributed by atoms with E-state index in [9.17, 15) is 9.18 Å². The first-order valence-corrected chi connectivity index (χ1v) is 6.95. The number of halogens is 1. The van der Waals surface area contributed by atoms with E-state index in [0.717, 1.165) is 25.8 Å². The molecule has 0 aliphatic carbocycles. The van der Waals surface area contributed by atoms with Crippen molar-refractivity contribution >= 4 is 11.6 Å². The summed E-state index contributed by atoms with van der Waals surface area (Å²) in [7, 11) is 0. The van der Waals surface area contributed by atoms with Gasteiger partial charge in [0.05, 0.1) is 6.04 Å². The fourth-order valence-electron chi connectivity index (χ4n) is 2.51. The van der Waals surface area contributed by atoms with Crippen LogP contribution in [0.4, 0.5) is 10.1 Å². The van der Waals surface area contributed by atoms with E-state index in [2.05, 4.69) is 12.2 Å². The van der Waals surface area contributed by atoms with Crippen LogP contribution in [0.3, 0.4) is 0 Å². The van der Waals surface area contributed by atoms with Gasteiger partial charge in [0.15, 0.2) is 0 Å². The fraction of sp³-hybridized carbons (Fsp3) is 0.533. The normalized spacial score (nSPS) is 19.8. The second-order valence-electron chi connectivity index (χ2n) is 5.02. The van der Waals surface area contributed by atoms with Crippen molar-refractivity contribution in [3.8, 4) is 0 Å². The highest BCUT2D eigenvalue weighted by molar-refractivity contribution is 5.98. The van der Waals surface area contributed by atoms with E-state index < -0.39 is 0 Å². The Morgan fingerprint density at radius 1 is 1.47 bits per heavy atom. The van der Waals surface area contributed by atoms with Crippen molar-refractivity contribution in [3.05, 3.63) is 29.6 Å². The summed E-state index contributed by atoms with van der Waals surface area (Å²) in [5, 5.41) is 3.27. The maximum absolute atomic E-state index is 13.6. The average molecular weight is 264 g/mol. The van der Waals surface area contributed by atoms with Crippen molar-refractivity contribution in [2.24, 2.45) is 0 Å². The first kappa shape index (κ1) is 14.0. The number of hydrogen-bond donors (Lipinski definition) is 1. The van der Waals surface area contributed by atoms with Gasteiger partial charge in [0, 0.05) is 17.8 Å². The van der Waals surface area contributed by atoms with E-state index in [0.29, 0.717) is 17.8 Å². The molecule has 104 valence electrons. The third-order valence-electron chi connectivity index (χ3n) is 3.61. The standard InChI is InChI=1S/C15H21FN2O/c1-3-9-17-13-7-5-10-18(15(13)19)14-8-4-6-12(16)11(14)2/h4,6,8,13,17H,3,5,7,9-10H2,1-2H3. The minimum Gasteiger partial charge on any atom is -0.311 e. The lowest BCUT2D eigenvalue weighted by Crippen LogP contribution is -2.51. The van der Waals surface area contributed by atoms with Crippen molar-refractivity contribution in [2.45, 2.75) is 39.2 Å². The highest BCUT2D eigenvalue weighted by Gasteiger charge is 2.30. The number of nitrogens with zero attached hydrogens (tertiary/aromatic N) is 1. The van der Waals surface area contributed by atoms with Gasteiger partial charge in [-0.15, -0.1) is 0 Å². The van der Waals surface area contributed by atoms with Gasteiger partial charge in [-0.05, 0) is 44.9 Å². The molecule has 1 amide bonds. The first-order chi connectivity index (χ1) is 9.15. The van der Waals surface area contributed by atoms with Gasteiger partial charge in [0.25, 0.3) is 0 Å². The molecule has 0 bridgehead atoms. The second-order valence-corrected chi connectivity index (χ2v) is 5.02. The largest absolute Gasteiger partial charge is 0.311 e. The van der Waals surface area contributed by atoms with E-state index in [-0.39, 0.29) is 17.8 Å². The molecule has 1 aromatic carbocycles. The number of hydrogen-bond acceptors (Lipinski definition) is 2. The van der Waals surface area contributed by atoms with Crippen LogP contribution >= 0.6 is 0 Å². The summed E-state index contributed by atoms with van der Waals surface area (Å²) in [6, 6.07) is 4.78. The fourth-order valence-corrected chi connectivity index (χ4v) is 2.51. The zero-order chi connectivity index (χ0) is 13.8. The molecule has 1 aromatic rings. The summed E-state index contributed by atoms with van der Waals surface area (Å²) in [6.45, 7) is 5.32. The lowest BCUT2D eigenvalue weighted by molar-refractivity contribution is -0.121. The molecule has 1 fully saturated rings. The van der Waals surface area contributed by atoms with Gasteiger partial charge in [0.1, 0.15) is 5.82 Å². The Kier molecular flexibility index (Phi) is 4.53. The molecular formula is C15H21FN2O. The van der Waals surface area contributed by atoms with Crippen molar-refractivity contribution in [1.82, 2.24) is 5.32 Å². The number of rotatable bonds is 4. The quantitative estimate of drug-likeness (QED) is 0.906. The van der Waals surface area contributed by atoms with Crippen LogP contribution in [0.15, 0.2) is 18.2 Å². The van der Waals surface area contributed by atoms with Crippen molar-refractivity contribution in [1.29, 1.82) is 0 Å². The molecule has 1 atom stereocenters. The summed E-state index contributed by atoms with van der Waals surface area (Å²) in [4.78, 5) is 14.2. The molecule has 1 N–H and O–H groups in total. The summed E-state index contributed by atoms with van der Waals surface area (Å²) >= 11 is 0. The number of piperidine rings is 1. The second kappa shape index (κ2) is 6.15. The number of nitrogens with one attached hydrogen (secondary N) is 1. The topological polar surface area (TPSA) is 32.3 Å². The van der Waals surface area contributed by atoms with Gasteiger partial charge in [-0.1, -0.05) is 13.0 Å². The van der Waals surface area contributed by atoms with Crippen LogP contribution in [-0.2, 0) is 4.79 Å². The number of anilines is 1. The Bertz CT molecular complexity index is 461. The molecule has 1 aliphatic heterocycles. The highest BCUT2D eigenvalue weighted by atomic mass is 19.1. The summed E-state index contributed by atoms with van der Waals surface area (Å²) < 4.78 is 13.6. The minimum absolute atomic E-state index is 0.0633. The maximum Gasteiger partial charge on any atom is 0.244 e. The van der Waals surface area contributed by atoms with Gasteiger partial charge in [0.2, 0.25) is 5.91 Å². The van der Waals surface area contributed by atoms with Crippen LogP contribution in [0.1, 0.15) is 31.7 Å². The number of amides is 1. The van der Waals surface area contributed by atoms with Crippen LogP contribution < -0.4 is 10.2 Å². The molecule has 0 radical (unpaired) electrons. The van der Waals surface area contributed by atoms with Crippen LogP contribution in [0.2, 0.25) is 0 Å². The highest BCUT2D eigenvalue weighted by Crippen LogP contribution is 2.26. The molecule has 19 heavy (non-hydrogen) atoms. The number of benzene rings is 1. The Morgan fingerprint density at radius 3 is 3.00 bits per heavy atom. The predicted molar refractivity (Wildman–Crippen MR) is 74.8 cm³/mol. The lowest BCUT2D eigenvalue weighted by Gasteiger charge is -2.33. The average Bonchev–Trinajstić information content (AvgIpc) is 2.41. The van der Waals surface area contributed by atoms with Gasteiger partial charge in [-0.2, -0.15) is 0 Å². The molecule has 1 heterocycles. The number of carbonyl (C=O) groups excluding carboxylic acids is 1. The summed E-state index contributed by atoms with van der Waals surface area (Å²) in [5.74, 6) is -0.192. The Hall–Kier alpha value is -1.42.